The van der Waals surface area contributed by atoms with E-state index in [0.29, 0.717) is 5.75 Å². The Morgan fingerprint density at radius 2 is 1.41 bits per heavy atom. The van der Waals surface area contributed by atoms with Crippen molar-refractivity contribution in [3.05, 3.63) is 65.7 Å². The zero-order valence-corrected chi connectivity index (χ0v) is 22.0. The normalized spacial score (nSPS) is 17.1. The van der Waals surface area contributed by atoms with E-state index < -0.39 is 18.1 Å². The van der Waals surface area contributed by atoms with E-state index in [0.717, 1.165) is 23.2 Å². The molecule has 37 heavy (non-hydrogen) atoms. The Morgan fingerprint density at radius 1 is 0.838 bits per heavy atom. The van der Waals surface area contributed by atoms with Gasteiger partial charge < -0.3 is 25.2 Å². The molecule has 2 aliphatic rings. The monoisotopic (exact) mass is 510 g/mol. The van der Waals surface area contributed by atoms with Gasteiger partial charge in [-0.2, -0.15) is 0 Å². The summed E-state index contributed by atoms with van der Waals surface area (Å²) in [5, 5.41) is 15.5. The molecule has 2 aromatic rings. The molecule has 0 heterocycles. The van der Waals surface area contributed by atoms with E-state index in [4.69, 9.17) is 9.47 Å². The number of ether oxygens (including phenoxy) is 2. The highest BCUT2D eigenvalue weighted by molar-refractivity contribution is 5.80. The van der Waals surface area contributed by atoms with Crippen molar-refractivity contribution in [2.24, 2.45) is 0 Å². The summed E-state index contributed by atoms with van der Waals surface area (Å²) in [6, 6.07) is 16.8. The first kappa shape index (κ1) is 28.5. The largest absolute Gasteiger partial charge is 0.497 e. The summed E-state index contributed by atoms with van der Waals surface area (Å²) in [6.07, 6.45) is 14.0. The van der Waals surface area contributed by atoms with Crippen molar-refractivity contribution in [3.63, 3.8) is 0 Å². The van der Waals surface area contributed by atoms with Crippen LogP contribution >= 0.6 is 0 Å². The average Bonchev–Trinajstić information content (AvgIpc) is 2.94. The van der Waals surface area contributed by atoms with E-state index in [-0.39, 0.29) is 13.0 Å². The van der Waals surface area contributed by atoms with Crippen LogP contribution in [0.4, 0.5) is 4.79 Å². The van der Waals surface area contributed by atoms with E-state index in [1.165, 1.54) is 64.2 Å². The summed E-state index contributed by atoms with van der Waals surface area (Å²) in [6.45, 7) is 0.0491. The zero-order chi connectivity index (χ0) is 26.3. The van der Waals surface area contributed by atoms with Crippen molar-refractivity contribution in [3.8, 4) is 5.75 Å². The maximum atomic E-state index is 11.8. The van der Waals surface area contributed by atoms with Gasteiger partial charge in [0.15, 0.2) is 0 Å². The Morgan fingerprint density at radius 3 is 1.92 bits per heavy atom. The summed E-state index contributed by atoms with van der Waals surface area (Å²) >= 11 is 0. The molecule has 2 aromatic carbocycles. The minimum absolute atomic E-state index is 0.0491. The average molecular weight is 511 g/mol. The van der Waals surface area contributed by atoms with Crippen molar-refractivity contribution in [1.82, 2.24) is 10.6 Å². The molecule has 0 spiro atoms. The van der Waals surface area contributed by atoms with E-state index >= 15 is 0 Å². The summed E-state index contributed by atoms with van der Waals surface area (Å²) in [5.41, 5.74) is 1.60. The maximum absolute atomic E-state index is 11.8. The molecule has 0 saturated heterocycles. The number of alkyl carbamates (subject to hydrolysis) is 1. The van der Waals surface area contributed by atoms with Crippen molar-refractivity contribution >= 4 is 12.1 Å². The number of carbonyl (C=O) groups is 2. The van der Waals surface area contributed by atoms with Crippen LogP contribution in [0.1, 0.15) is 75.3 Å². The molecule has 3 N–H and O–H groups in total. The van der Waals surface area contributed by atoms with Gasteiger partial charge >= 0.3 is 12.1 Å². The third-order valence-electron chi connectivity index (χ3n) is 7.08. The first-order chi connectivity index (χ1) is 18.0. The smallest absolute Gasteiger partial charge is 0.408 e. The van der Waals surface area contributed by atoms with Gasteiger partial charge in [0.2, 0.25) is 0 Å². The Balaban J connectivity index is 0.000000244. The molecule has 0 unspecified atom stereocenters. The fourth-order valence-corrected chi connectivity index (χ4v) is 4.98. The molecule has 0 bridgehead atoms. The molecule has 0 aromatic heterocycles. The number of methoxy groups -OCH3 is 1. The molecular weight excluding hydrogens is 468 g/mol. The Labute approximate surface area is 220 Å². The number of aliphatic carboxylic acids is 1. The molecule has 0 aliphatic heterocycles. The maximum Gasteiger partial charge on any atom is 0.408 e. The number of amides is 1. The third-order valence-corrected chi connectivity index (χ3v) is 7.08. The molecule has 2 saturated carbocycles. The Kier molecular flexibility index (Phi) is 12.3. The van der Waals surface area contributed by atoms with Crippen LogP contribution in [0.15, 0.2) is 54.6 Å². The molecule has 1 atom stereocenters. The first-order valence-electron chi connectivity index (χ1n) is 13.6. The molecule has 0 radical (unpaired) electrons. The minimum Gasteiger partial charge on any atom is -0.497 e. The Bertz CT molecular complexity index is 907. The number of hydrogen-bond donors (Lipinski definition) is 3. The molecule has 7 nitrogen and oxygen atoms in total. The topological polar surface area (TPSA) is 96.9 Å². The van der Waals surface area contributed by atoms with Crippen molar-refractivity contribution in [2.75, 3.05) is 7.11 Å². The third kappa shape index (κ3) is 10.8. The zero-order valence-electron chi connectivity index (χ0n) is 22.0. The van der Waals surface area contributed by atoms with Crippen LogP contribution in [-0.2, 0) is 22.6 Å². The van der Waals surface area contributed by atoms with Gasteiger partial charge in [-0.1, -0.05) is 81.0 Å². The highest BCUT2D eigenvalue weighted by Crippen LogP contribution is 2.22. The highest BCUT2D eigenvalue weighted by atomic mass is 16.5. The number of carboxylic acids is 1. The van der Waals surface area contributed by atoms with Gasteiger partial charge in [-0.25, -0.2) is 9.59 Å². The van der Waals surface area contributed by atoms with E-state index in [1.807, 2.05) is 18.2 Å². The predicted molar refractivity (Wildman–Crippen MR) is 145 cm³/mol. The van der Waals surface area contributed by atoms with Crippen LogP contribution in [0.2, 0.25) is 0 Å². The van der Waals surface area contributed by atoms with Crippen LogP contribution < -0.4 is 15.4 Å². The summed E-state index contributed by atoms with van der Waals surface area (Å²) in [5.74, 6) is -0.405. The van der Waals surface area contributed by atoms with Gasteiger partial charge in [-0.05, 0) is 48.9 Å². The SMILES string of the molecule is C1CCC(NC2CCCCC2)CC1.COc1ccc(COC(=O)N[C@@H](Cc2ccccc2)C(=O)O)cc1. The number of carbonyl (C=O) groups excluding carboxylic acids is 1. The lowest BCUT2D eigenvalue weighted by molar-refractivity contribution is -0.139. The summed E-state index contributed by atoms with van der Waals surface area (Å²) in [7, 11) is 1.57. The van der Waals surface area contributed by atoms with Gasteiger partial charge in [0.25, 0.3) is 0 Å². The number of hydrogen-bond acceptors (Lipinski definition) is 5. The van der Waals surface area contributed by atoms with Crippen molar-refractivity contribution in [1.29, 1.82) is 0 Å². The lowest BCUT2D eigenvalue weighted by Crippen LogP contribution is -2.42. The van der Waals surface area contributed by atoms with Gasteiger partial charge in [-0.15, -0.1) is 0 Å². The summed E-state index contributed by atoms with van der Waals surface area (Å²) in [4.78, 5) is 23.1. The first-order valence-corrected chi connectivity index (χ1v) is 13.6. The van der Waals surface area contributed by atoms with Crippen molar-refractivity contribution < 1.29 is 24.2 Å². The van der Waals surface area contributed by atoms with Crippen LogP contribution in [0.3, 0.4) is 0 Å². The molecule has 4 rings (SSSR count). The lowest BCUT2D eigenvalue weighted by atomic mass is 9.91. The fourth-order valence-electron chi connectivity index (χ4n) is 4.98. The van der Waals surface area contributed by atoms with E-state index in [2.05, 4.69) is 10.6 Å². The second-order valence-corrected chi connectivity index (χ2v) is 9.99. The standard InChI is InChI=1S/C18H19NO5.C12H23N/c1-23-15-9-7-14(8-10-15)12-24-18(22)19-16(17(20)21)11-13-5-3-2-4-6-13;1-3-7-11(8-4-1)13-12-9-5-2-6-10-12/h2-10,16H,11-12H2,1H3,(H,19,22)(H,20,21);11-13H,1-10H2/t16-;/m0./s1. The molecule has 1 amide bonds. The minimum atomic E-state index is -1.11. The van der Waals surface area contributed by atoms with Gasteiger partial charge in [-0.3, -0.25) is 0 Å². The number of rotatable bonds is 9. The molecular formula is C30H42N2O5. The fraction of sp³-hybridized carbons (Fsp3) is 0.533. The number of carboxylic acid groups (broad SMARTS) is 1. The lowest BCUT2D eigenvalue weighted by Gasteiger charge is -2.30. The molecule has 202 valence electrons. The molecule has 2 aliphatic carbocycles. The van der Waals surface area contributed by atoms with Crippen LogP contribution in [0.25, 0.3) is 0 Å². The quantitative estimate of drug-likeness (QED) is 0.391. The van der Waals surface area contributed by atoms with Gasteiger partial charge in [0.05, 0.1) is 7.11 Å². The van der Waals surface area contributed by atoms with Crippen LogP contribution in [-0.4, -0.2) is 42.4 Å². The second kappa shape index (κ2) is 15.9. The molecule has 7 heteroatoms. The predicted octanol–water partition coefficient (Wildman–Crippen LogP) is 5.86. The van der Waals surface area contributed by atoms with Gasteiger partial charge in [0, 0.05) is 18.5 Å². The highest BCUT2D eigenvalue weighted by Gasteiger charge is 2.21. The van der Waals surface area contributed by atoms with Crippen molar-refractivity contribution in [2.45, 2.75) is 95.4 Å². The summed E-state index contributed by atoms with van der Waals surface area (Å²) < 4.78 is 10.1. The van der Waals surface area contributed by atoms with E-state index in [9.17, 15) is 14.7 Å². The Hall–Kier alpha value is -3.06. The number of benzene rings is 2. The van der Waals surface area contributed by atoms with Crippen LogP contribution in [0.5, 0.6) is 5.75 Å². The number of nitrogens with one attached hydrogen (secondary N) is 2. The van der Waals surface area contributed by atoms with Crippen LogP contribution in [0, 0.1) is 0 Å². The van der Waals surface area contributed by atoms with Gasteiger partial charge in [0.1, 0.15) is 18.4 Å². The second-order valence-electron chi connectivity index (χ2n) is 9.99. The molecule has 2 fully saturated rings. The van der Waals surface area contributed by atoms with E-state index in [1.54, 1.807) is 43.5 Å².